The van der Waals surface area contributed by atoms with Crippen molar-refractivity contribution in [1.82, 2.24) is 19.7 Å². The minimum Gasteiger partial charge on any atom is -0.453 e. The first-order valence-corrected chi connectivity index (χ1v) is 9.27. The lowest BCUT2D eigenvalue weighted by molar-refractivity contribution is 0.468. The summed E-state index contributed by atoms with van der Waals surface area (Å²) in [7, 11) is 0. The number of rotatable bonds is 7. The second-order valence-electron chi connectivity index (χ2n) is 7.07. The lowest BCUT2D eigenvalue weighted by atomic mass is 10.1. The van der Waals surface area contributed by atoms with E-state index in [-0.39, 0.29) is 0 Å². The molecule has 3 aromatic rings. The van der Waals surface area contributed by atoms with Gasteiger partial charge in [-0.05, 0) is 49.6 Å². The summed E-state index contributed by atoms with van der Waals surface area (Å²) in [4.78, 5) is 8.88. The first-order valence-electron chi connectivity index (χ1n) is 9.27. The fourth-order valence-corrected chi connectivity index (χ4v) is 2.84. The molecular formula is C21H24N6O. The van der Waals surface area contributed by atoms with Crippen molar-refractivity contribution in [2.75, 3.05) is 6.54 Å². The summed E-state index contributed by atoms with van der Waals surface area (Å²) in [5.74, 6) is 2.19. The molecule has 0 aliphatic rings. The number of hydrogen-bond acceptors (Lipinski definition) is 6. The molecular weight excluding hydrogens is 352 g/mol. The van der Waals surface area contributed by atoms with Crippen molar-refractivity contribution in [2.45, 2.75) is 33.7 Å². The second kappa shape index (κ2) is 8.63. The SMILES string of the molecule is Cc1nn(CC(C)C)cc1Oc1cc(C#N)ccc1-c1ncc(CCN)cn1. The molecule has 144 valence electrons. The average molecular weight is 376 g/mol. The predicted octanol–water partition coefficient (Wildman–Crippen LogP) is 3.47. The van der Waals surface area contributed by atoms with Crippen LogP contribution in [0.1, 0.15) is 30.7 Å². The van der Waals surface area contributed by atoms with E-state index in [1.165, 1.54) is 0 Å². The van der Waals surface area contributed by atoms with E-state index in [2.05, 4.69) is 35.0 Å². The maximum Gasteiger partial charge on any atom is 0.168 e. The zero-order valence-electron chi connectivity index (χ0n) is 16.4. The zero-order chi connectivity index (χ0) is 20.1. The molecule has 2 aromatic heterocycles. The van der Waals surface area contributed by atoms with Gasteiger partial charge in [0.25, 0.3) is 0 Å². The van der Waals surface area contributed by atoms with E-state index in [1.807, 2.05) is 17.8 Å². The molecule has 7 nitrogen and oxygen atoms in total. The number of ether oxygens (including phenoxy) is 1. The van der Waals surface area contributed by atoms with Gasteiger partial charge in [-0.3, -0.25) is 4.68 Å². The molecule has 0 aliphatic carbocycles. The van der Waals surface area contributed by atoms with Crippen molar-refractivity contribution in [3.05, 3.63) is 53.6 Å². The Bertz CT molecular complexity index is 985. The number of nitrogens with zero attached hydrogens (tertiary/aromatic N) is 5. The summed E-state index contributed by atoms with van der Waals surface area (Å²) >= 11 is 0. The lowest BCUT2D eigenvalue weighted by Crippen LogP contribution is -2.04. The summed E-state index contributed by atoms with van der Waals surface area (Å²) in [5, 5.41) is 13.8. The standard InChI is InChI=1S/C21H24N6O/c1-14(2)12-27-13-20(15(3)26-27)28-19-8-16(9-23)4-5-18(19)21-24-10-17(6-7-22)11-25-21/h4-5,8,10-11,13-14H,6-7,12,22H2,1-3H3. The first kappa shape index (κ1) is 19.5. The minimum absolute atomic E-state index is 0.477. The topological polar surface area (TPSA) is 103 Å². The Morgan fingerprint density at radius 3 is 2.61 bits per heavy atom. The molecule has 1 aromatic carbocycles. The van der Waals surface area contributed by atoms with E-state index < -0.39 is 0 Å². The minimum atomic E-state index is 0.477. The molecule has 0 atom stereocenters. The molecule has 0 fully saturated rings. The van der Waals surface area contributed by atoms with E-state index in [0.717, 1.165) is 24.2 Å². The van der Waals surface area contributed by atoms with Crippen LogP contribution < -0.4 is 10.5 Å². The largest absolute Gasteiger partial charge is 0.453 e. The summed E-state index contributed by atoms with van der Waals surface area (Å²) in [6.45, 7) is 7.53. The van der Waals surface area contributed by atoms with Crippen LogP contribution in [0, 0.1) is 24.2 Å². The quantitative estimate of drug-likeness (QED) is 0.677. The smallest absolute Gasteiger partial charge is 0.168 e. The molecule has 0 aliphatic heterocycles. The molecule has 0 spiro atoms. The van der Waals surface area contributed by atoms with Gasteiger partial charge in [-0.15, -0.1) is 0 Å². The van der Waals surface area contributed by atoms with Crippen LogP contribution in [0.4, 0.5) is 0 Å². The van der Waals surface area contributed by atoms with Gasteiger partial charge in [-0.2, -0.15) is 10.4 Å². The maximum absolute atomic E-state index is 9.28. The van der Waals surface area contributed by atoms with Crippen LogP contribution in [0.2, 0.25) is 0 Å². The Hall–Kier alpha value is -3.24. The lowest BCUT2D eigenvalue weighted by Gasteiger charge is -2.10. The van der Waals surface area contributed by atoms with E-state index in [0.29, 0.717) is 40.9 Å². The number of hydrogen-bond donors (Lipinski definition) is 1. The first-order chi connectivity index (χ1) is 13.5. The highest BCUT2D eigenvalue weighted by Crippen LogP contribution is 2.33. The summed E-state index contributed by atoms with van der Waals surface area (Å²) in [6, 6.07) is 7.38. The molecule has 2 heterocycles. The summed E-state index contributed by atoms with van der Waals surface area (Å²) in [5.41, 5.74) is 8.57. The third-order valence-corrected chi connectivity index (χ3v) is 4.16. The van der Waals surface area contributed by atoms with Crippen molar-refractivity contribution in [3.63, 3.8) is 0 Å². The van der Waals surface area contributed by atoms with E-state index >= 15 is 0 Å². The van der Waals surface area contributed by atoms with Gasteiger partial charge in [0, 0.05) is 18.9 Å². The summed E-state index contributed by atoms with van der Waals surface area (Å²) in [6.07, 6.45) is 6.14. The van der Waals surface area contributed by atoms with Gasteiger partial charge in [-0.1, -0.05) is 13.8 Å². The van der Waals surface area contributed by atoms with Crippen LogP contribution in [0.25, 0.3) is 11.4 Å². The Morgan fingerprint density at radius 2 is 1.96 bits per heavy atom. The maximum atomic E-state index is 9.28. The zero-order valence-corrected chi connectivity index (χ0v) is 16.4. The average Bonchev–Trinajstić information content (AvgIpc) is 3.01. The molecule has 7 heteroatoms. The normalized spacial score (nSPS) is 10.9. The van der Waals surface area contributed by atoms with Gasteiger partial charge < -0.3 is 10.5 Å². The molecule has 28 heavy (non-hydrogen) atoms. The number of aromatic nitrogens is 4. The Kier molecular flexibility index (Phi) is 6.02. The highest BCUT2D eigenvalue weighted by atomic mass is 16.5. The van der Waals surface area contributed by atoms with E-state index in [1.54, 1.807) is 30.6 Å². The molecule has 0 radical (unpaired) electrons. The molecule has 0 saturated carbocycles. The molecule has 3 rings (SSSR count). The highest BCUT2D eigenvalue weighted by molar-refractivity contribution is 5.66. The van der Waals surface area contributed by atoms with Crippen molar-refractivity contribution in [1.29, 1.82) is 5.26 Å². The molecule has 0 unspecified atom stereocenters. The van der Waals surface area contributed by atoms with Crippen LogP contribution in [-0.2, 0) is 13.0 Å². The van der Waals surface area contributed by atoms with Crippen LogP contribution in [0.5, 0.6) is 11.5 Å². The predicted molar refractivity (Wildman–Crippen MR) is 107 cm³/mol. The number of nitrogens with two attached hydrogens (primary N) is 1. The molecule has 0 saturated heterocycles. The fraction of sp³-hybridized carbons (Fsp3) is 0.333. The molecule has 0 amide bonds. The van der Waals surface area contributed by atoms with E-state index in [4.69, 9.17) is 10.5 Å². The van der Waals surface area contributed by atoms with Gasteiger partial charge in [0.2, 0.25) is 0 Å². The fourth-order valence-electron chi connectivity index (χ4n) is 2.84. The van der Waals surface area contributed by atoms with Gasteiger partial charge in [0.15, 0.2) is 11.6 Å². The van der Waals surface area contributed by atoms with Crippen LogP contribution >= 0.6 is 0 Å². The third-order valence-electron chi connectivity index (χ3n) is 4.16. The van der Waals surface area contributed by atoms with Crippen molar-refractivity contribution in [2.24, 2.45) is 11.7 Å². The number of benzene rings is 1. The van der Waals surface area contributed by atoms with Gasteiger partial charge in [-0.25, -0.2) is 9.97 Å². The molecule has 0 bridgehead atoms. The van der Waals surface area contributed by atoms with Crippen LogP contribution in [0.15, 0.2) is 36.8 Å². The van der Waals surface area contributed by atoms with Crippen molar-refractivity contribution >= 4 is 0 Å². The third kappa shape index (κ3) is 4.53. The van der Waals surface area contributed by atoms with Gasteiger partial charge in [0.05, 0.1) is 23.4 Å². The number of aryl methyl sites for hydroxylation is 1. The monoisotopic (exact) mass is 376 g/mol. The van der Waals surface area contributed by atoms with Gasteiger partial charge >= 0.3 is 0 Å². The van der Waals surface area contributed by atoms with E-state index in [9.17, 15) is 5.26 Å². The Labute approximate surface area is 164 Å². The number of nitriles is 1. The Balaban J connectivity index is 1.96. The van der Waals surface area contributed by atoms with Gasteiger partial charge in [0.1, 0.15) is 11.4 Å². The Morgan fingerprint density at radius 1 is 1.21 bits per heavy atom. The summed E-state index contributed by atoms with van der Waals surface area (Å²) < 4.78 is 8.02. The van der Waals surface area contributed by atoms with Crippen LogP contribution in [-0.4, -0.2) is 26.3 Å². The van der Waals surface area contributed by atoms with Crippen LogP contribution in [0.3, 0.4) is 0 Å². The second-order valence-corrected chi connectivity index (χ2v) is 7.07. The van der Waals surface area contributed by atoms with Crippen molar-refractivity contribution in [3.8, 4) is 29.0 Å². The molecule has 2 N–H and O–H groups in total. The van der Waals surface area contributed by atoms with Crippen molar-refractivity contribution < 1.29 is 4.74 Å². The highest BCUT2D eigenvalue weighted by Gasteiger charge is 2.15.